The molecule has 0 aliphatic carbocycles. The van der Waals surface area contributed by atoms with Crippen LogP contribution in [0.5, 0.6) is 0 Å². The van der Waals surface area contributed by atoms with Gasteiger partial charge in [0.15, 0.2) is 9.84 Å². The zero-order chi connectivity index (χ0) is 16.9. The summed E-state index contributed by atoms with van der Waals surface area (Å²) in [5.41, 5.74) is 1.28. The van der Waals surface area contributed by atoms with E-state index in [1.807, 2.05) is 24.3 Å². The summed E-state index contributed by atoms with van der Waals surface area (Å²) in [5.74, 6) is -0.0640. The van der Waals surface area contributed by atoms with E-state index in [1.165, 1.54) is 0 Å². The summed E-state index contributed by atoms with van der Waals surface area (Å²) in [5, 5.41) is 0.434. The smallest absolute Gasteiger partial charge is 0.258 e. The number of carbonyl (C=O) groups excluding carboxylic acids is 1. The third kappa shape index (κ3) is 2.72. The quantitative estimate of drug-likeness (QED) is 0.763. The van der Waals surface area contributed by atoms with Crippen molar-refractivity contribution >= 4 is 44.8 Å². The van der Waals surface area contributed by atoms with E-state index in [1.54, 1.807) is 40.9 Å². The molecular weight excluding hydrogens is 366 g/mol. The predicted molar refractivity (Wildman–Crippen MR) is 96.8 cm³/mol. The first-order valence-electron chi connectivity index (χ1n) is 7.50. The fraction of sp³-hybridized carbons (Fsp3) is 0.235. The van der Waals surface area contributed by atoms with E-state index in [4.69, 9.17) is 11.6 Å². The number of fused-ring (bicyclic) bond motifs is 2. The molecule has 0 unspecified atom stereocenters. The lowest BCUT2D eigenvalue weighted by Crippen LogP contribution is -2.48. The molecule has 2 aliphatic heterocycles. The van der Waals surface area contributed by atoms with Gasteiger partial charge in [-0.15, -0.1) is 11.8 Å². The van der Waals surface area contributed by atoms with Crippen molar-refractivity contribution in [2.75, 3.05) is 16.4 Å². The second-order valence-electron chi connectivity index (χ2n) is 5.95. The topological polar surface area (TPSA) is 54.5 Å². The second kappa shape index (κ2) is 5.79. The van der Waals surface area contributed by atoms with Crippen LogP contribution in [0.25, 0.3) is 0 Å². The van der Waals surface area contributed by atoms with Gasteiger partial charge in [-0.25, -0.2) is 8.42 Å². The molecule has 2 heterocycles. The minimum Gasteiger partial charge on any atom is -0.302 e. The first kappa shape index (κ1) is 16.0. The Kier molecular flexibility index (Phi) is 3.86. The minimum absolute atomic E-state index is 0.0122. The van der Waals surface area contributed by atoms with Gasteiger partial charge in [-0.05, 0) is 36.4 Å². The minimum atomic E-state index is -3.14. The molecule has 0 N–H and O–H groups in total. The van der Waals surface area contributed by atoms with Gasteiger partial charge in [-0.3, -0.25) is 4.79 Å². The average molecular weight is 380 g/mol. The Morgan fingerprint density at radius 3 is 2.54 bits per heavy atom. The van der Waals surface area contributed by atoms with Gasteiger partial charge in [0.1, 0.15) is 0 Å². The van der Waals surface area contributed by atoms with Crippen LogP contribution in [0, 0.1) is 0 Å². The molecule has 0 aromatic heterocycles. The Morgan fingerprint density at radius 1 is 1.08 bits per heavy atom. The van der Waals surface area contributed by atoms with Crippen LogP contribution in [0.3, 0.4) is 0 Å². The van der Waals surface area contributed by atoms with Gasteiger partial charge in [-0.1, -0.05) is 23.7 Å². The molecule has 2 aromatic rings. The van der Waals surface area contributed by atoms with Gasteiger partial charge in [0.05, 0.1) is 23.2 Å². The molecule has 4 nitrogen and oxygen atoms in total. The van der Waals surface area contributed by atoms with Gasteiger partial charge in [0.25, 0.3) is 5.91 Å². The summed E-state index contributed by atoms with van der Waals surface area (Å²) in [6, 6.07) is 13.9. The Bertz CT molecular complexity index is 912. The molecule has 7 heteroatoms. The van der Waals surface area contributed by atoms with E-state index in [0.717, 1.165) is 10.6 Å². The van der Waals surface area contributed by atoms with Crippen molar-refractivity contribution in [2.24, 2.45) is 0 Å². The molecule has 124 valence electrons. The van der Waals surface area contributed by atoms with Crippen LogP contribution < -0.4 is 4.90 Å². The zero-order valence-corrected chi connectivity index (χ0v) is 14.9. The number of hydrogen-bond acceptors (Lipinski definition) is 4. The molecule has 0 radical (unpaired) electrons. The van der Waals surface area contributed by atoms with Crippen LogP contribution in [0.2, 0.25) is 5.02 Å². The molecule has 2 aliphatic rings. The molecule has 2 atom stereocenters. The normalized spacial score (nSPS) is 24.3. The number of amides is 1. The van der Waals surface area contributed by atoms with Crippen LogP contribution in [0.4, 0.5) is 5.69 Å². The standard InChI is InChI=1S/C17H14ClNO3S2/c18-12-7-5-11(6-8-12)17(20)19-13-3-1-2-4-15(13)23-16-10-24(21,22)9-14(16)19/h1-8,14,16H,9-10H2/t14-,16+/m0/s1. The van der Waals surface area contributed by atoms with Crippen molar-refractivity contribution in [3.63, 3.8) is 0 Å². The highest BCUT2D eigenvalue weighted by Crippen LogP contribution is 2.45. The second-order valence-corrected chi connectivity index (χ2v) is 9.82. The van der Waals surface area contributed by atoms with Crippen LogP contribution in [-0.2, 0) is 9.84 Å². The van der Waals surface area contributed by atoms with Crippen LogP contribution in [-0.4, -0.2) is 37.1 Å². The molecule has 1 fully saturated rings. The van der Waals surface area contributed by atoms with E-state index < -0.39 is 9.84 Å². The third-order valence-corrected chi connectivity index (χ3v) is 7.88. The summed E-state index contributed by atoms with van der Waals surface area (Å²) < 4.78 is 24.3. The van der Waals surface area contributed by atoms with Crippen molar-refractivity contribution in [3.8, 4) is 0 Å². The summed E-state index contributed by atoms with van der Waals surface area (Å²) in [7, 11) is -3.14. The maximum Gasteiger partial charge on any atom is 0.258 e. The van der Waals surface area contributed by atoms with Crippen LogP contribution in [0.15, 0.2) is 53.4 Å². The molecule has 2 aromatic carbocycles. The van der Waals surface area contributed by atoms with E-state index >= 15 is 0 Å². The molecule has 0 spiro atoms. The highest BCUT2D eigenvalue weighted by atomic mass is 35.5. The van der Waals surface area contributed by atoms with Gasteiger partial charge >= 0.3 is 0 Å². The number of sulfone groups is 1. The maximum absolute atomic E-state index is 13.1. The largest absolute Gasteiger partial charge is 0.302 e. The van der Waals surface area contributed by atoms with Crippen molar-refractivity contribution in [2.45, 2.75) is 16.2 Å². The van der Waals surface area contributed by atoms with Crippen LogP contribution >= 0.6 is 23.4 Å². The lowest BCUT2D eigenvalue weighted by molar-refractivity contribution is 0.0978. The Labute approximate surface area is 149 Å². The number of hydrogen-bond donors (Lipinski definition) is 0. The fourth-order valence-electron chi connectivity index (χ4n) is 3.24. The molecule has 1 amide bonds. The lowest BCUT2D eigenvalue weighted by atomic mass is 10.1. The van der Waals surface area contributed by atoms with Crippen molar-refractivity contribution in [1.29, 1.82) is 0 Å². The number of thioether (sulfide) groups is 1. The molecular formula is C17H14ClNO3S2. The van der Waals surface area contributed by atoms with Gasteiger partial charge in [0, 0.05) is 20.7 Å². The van der Waals surface area contributed by atoms with E-state index in [-0.39, 0.29) is 28.7 Å². The molecule has 4 rings (SSSR count). The highest BCUT2D eigenvalue weighted by molar-refractivity contribution is 8.02. The predicted octanol–water partition coefficient (Wildman–Crippen LogP) is 3.26. The zero-order valence-electron chi connectivity index (χ0n) is 12.6. The van der Waals surface area contributed by atoms with Crippen molar-refractivity contribution < 1.29 is 13.2 Å². The van der Waals surface area contributed by atoms with Crippen molar-refractivity contribution in [3.05, 3.63) is 59.1 Å². The number of rotatable bonds is 1. The van der Waals surface area contributed by atoms with Crippen molar-refractivity contribution in [1.82, 2.24) is 0 Å². The van der Waals surface area contributed by atoms with Crippen LogP contribution in [0.1, 0.15) is 10.4 Å². The summed E-state index contributed by atoms with van der Waals surface area (Å²) in [6.07, 6.45) is 0. The first-order valence-corrected chi connectivity index (χ1v) is 10.6. The van der Waals surface area contributed by atoms with E-state index in [2.05, 4.69) is 0 Å². The Balaban J connectivity index is 1.81. The maximum atomic E-state index is 13.1. The number of carbonyl (C=O) groups is 1. The fourth-order valence-corrected chi connectivity index (χ4v) is 7.29. The Hall–Kier alpha value is -1.50. The average Bonchev–Trinajstić information content (AvgIpc) is 2.86. The van der Waals surface area contributed by atoms with Gasteiger partial charge in [-0.2, -0.15) is 0 Å². The third-order valence-electron chi connectivity index (χ3n) is 4.32. The lowest BCUT2D eigenvalue weighted by Gasteiger charge is -2.37. The van der Waals surface area contributed by atoms with Gasteiger partial charge < -0.3 is 4.90 Å². The monoisotopic (exact) mass is 379 g/mol. The molecule has 24 heavy (non-hydrogen) atoms. The molecule has 0 saturated carbocycles. The summed E-state index contributed by atoms with van der Waals surface area (Å²) in [4.78, 5) is 15.7. The van der Waals surface area contributed by atoms with Gasteiger partial charge in [0.2, 0.25) is 0 Å². The highest BCUT2D eigenvalue weighted by Gasteiger charge is 2.47. The molecule has 1 saturated heterocycles. The van der Waals surface area contributed by atoms with E-state index in [9.17, 15) is 13.2 Å². The number of benzene rings is 2. The molecule has 0 bridgehead atoms. The summed E-state index contributed by atoms with van der Waals surface area (Å²) in [6.45, 7) is 0. The summed E-state index contributed by atoms with van der Waals surface area (Å²) >= 11 is 7.46. The number of nitrogens with zero attached hydrogens (tertiary/aromatic N) is 1. The first-order chi connectivity index (χ1) is 11.4. The number of halogens is 1. The Morgan fingerprint density at radius 2 is 1.79 bits per heavy atom. The number of anilines is 1. The SMILES string of the molecule is O=C(c1ccc(Cl)cc1)N1c2ccccc2S[C@@H]2CS(=O)(=O)C[C@@H]21. The van der Waals surface area contributed by atoms with E-state index in [0.29, 0.717) is 10.6 Å². The number of para-hydroxylation sites is 1.